The molecule has 0 spiro atoms. The Morgan fingerprint density at radius 3 is 2.33 bits per heavy atom. The number of methoxy groups -OCH3 is 1. The zero-order chi connectivity index (χ0) is 32.4. The lowest BCUT2D eigenvalue weighted by molar-refractivity contribution is -0.286. The van der Waals surface area contributed by atoms with Crippen LogP contribution in [0, 0.1) is 11.8 Å². The molecule has 2 aromatic rings. The zero-order valence-corrected chi connectivity index (χ0v) is 25.1. The van der Waals surface area contributed by atoms with Gasteiger partial charge < -0.3 is 24.4 Å². The second kappa shape index (κ2) is 13.4. The van der Waals surface area contributed by atoms with Gasteiger partial charge in [0.25, 0.3) is 5.91 Å². The quantitative estimate of drug-likeness (QED) is 0.249. The van der Waals surface area contributed by atoms with E-state index in [2.05, 4.69) is 4.98 Å². The first-order valence-electron chi connectivity index (χ1n) is 15.4. The molecule has 8 nitrogen and oxygen atoms in total. The Kier molecular flexibility index (Phi) is 9.74. The first-order valence-corrected chi connectivity index (χ1v) is 15.4. The smallest absolute Gasteiger partial charge is 0.455 e. The number of aromatic nitrogens is 1. The van der Waals surface area contributed by atoms with Crippen molar-refractivity contribution in [1.82, 2.24) is 9.88 Å². The lowest BCUT2D eigenvalue weighted by Gasteiger charge is -2.40. The molecular weight excluding hydrogens is 601 g/mol. The number of nitrogens with zero attached hydrogens (tertiary/aromatic N) is 3. The van der Waals surface area contributed by atoms with Crippen LogP contribution in [-0.2, 0) is 4.79 Å². The summed E-state index contributed by atoms with van der Waals surface area (Å²) in [5.74, 6) is -5.44. The highest BCUT2D eigenvalue weighted by molar-refractivity contribution is 6.00. The number of hydrogen-bond donors (Lipinski definition) is 1. The second-order valence-electron chi connectivity index (χ2n) is 12.3. The van der Waals surface area contributed by atoms with Crippen molar-refractivity contribution in [2.75, 3.05) is 38.3 Å². The number of anilines is 1. The molecule has 5 rings (SSSR count). The van der Waals surface area contributed by atoms with E-state index >= 15 is 0 Å². The molecule has 0 radical (unpaired) electrons. The van der Waals surface area contributed by atoms with Crippen LogP contribution in [0.4, 0.5) is 27.6 Å². The van der Waals surface area contributed by atoms with Crippen molar-refractivity contribution in [3.05, 3.63) is 47.7 Å². The summed E-state index contributed by atoms with van der Waals surface area (Å²) in [6.45, 7) is -0.347. The number of carboxylic acids is 1. The minimum atomic E-state index is -5.77. The third-order valence-corrected chi connectivity index (χ3v) is 9.19. The fraction of sp³-hybridized carbons (Fsp3) is 0.594. The Hall–Kier alpha value is -3.64. The highest BCUT2D eigenvalue weighted by atomic mass is 19.4. The molecule has 13 heteroatoms. The highest BCUT2D eigenvalue weighted by Gasteiger charge is 2.59. The molecule has 1 amide bonds. The fourth-order valence-corrected chi connectivity index (χ4v) is 6.13. The number of alkyl halides is 5. The number of hydrogen-bond acceptors (Lipinski definition) is 6. The van der Waals surface area contributed by atoms with Gasteiger partial charge in [0.05, 0.1) is 37.9 Å². The van der Waals surface area contributed by atoms with Crippen molar-refractivity contribution < 1.29 is 46.1 Å². The number of rotatable bonds is 13. The SMILES string of the molecule is COc1ccc(C(=O)N(CC(F)(F)C(F)(F)F)C2CCC2)c(N2CCC(COc3cc(C(CC(=O)O)C4CC4)ccn3)CC2)c1. The van der Waals surface area contributed by atoms with Crippen molar-refractivity contribution in [2.45, 2.75) is 75.4 Å². The van der Waals surface area contributed by atoms with E-state index in [0.29, 0.717) is 79.9 Å². The Balaban J connectivity index is 1.25. The molecule has 1 N–H and O–H groups in total. The maximum absolute atomic E-state index is 14.2. The number of carbonyl (C=O) groups is 2. The molecule has 1 aromatic heterocycles. The topological polar surface area (TPSA) is 92.2 Å². The van der Waals surface area contributed by atoms with Gasteiger partial charge in [-0.3, -0.25) is 9.59 Å². The predicted octanol–water partition coefficient (Wildman–Crippen LogP) is 6.55. The Morgan fingerprint density at radius 1 is 1.04 bits per heavy atom. The van der Waals surface area contributed by atoms with Gasteiger partial charge in [-0.2, -0.15) is 22.0 Å². The van der Waals surface area contributed by atoms with Gasteiger partial charge in [-0.05, 0) is 86.5 Å². The van der Waals surface area contributed by atoms with Crippen LogP contribution in [0.25, 0.3) is 0 Å². The monoisotopic (exact) mass is 639 g/mol. The van der Waals surface area contributed by atoms with Crippen LogP contribution in [0.1, 0.15) is 73.2 Å². The Labute approximate surface area is 258 Å². The number of amides is 1. The van der Waals surface area contributed by atoms with Gasteiger partial charge in [0.1, 0.15) is 5.75 Å². The number of pyridine rings is 1. The summed E-state index contributed by atoms with van der Waals surface area (Å²) < 4.78 is 79.0. The van der Waals surface area contributed by atoms with Gasteiger partial charge in [-0.25, -0.2) is 4.98 Å². The molecule has 2 aliphatic carbocycles. The average Bonchev–Trinajstić information content (AvgIpc) is 3.82. The molecule has 1 unspecified atom stereocenters. The largest absolute Gasteiger partial charge is 0.497 e. The van der Waals surface area contributed by atoms with Gasteiger partial charge in [-0.1, -0.05) is 0 Å². The third-order valence-electron chi connectivity index (χ3n) is 9.19. The summed E-state index contributed by atoms with van der Waals surface area (Å²) in [6.07, 6.45) is 0.677. The normalized spacial score (nSPS) is 18.7. The van der Waals surface area contributed by atoms with E-state index in [1.165, 1.54) is 19.2 Å². The maximum Gasteiger partial charge on any atom is 0.455 e. The van der Waals surface area contributed by atoms with E-state index in [1.807, 2.05) is 17.0 Å². The summed E-state index contributed by atoms with van der Waals surface area (Å²) in [6, 6.07) is 7.52. The summed E-state index contributed by atoms with van der Waals surface area (Å²) in [4.78, 5) is 31.9. The van der Waals surface area contributed by atoms with E-state index < -0.39 is 36.6 Å². The van der Waals surface area contributed by atoms with E-state index in [-0.39, 0.29) is 23.8 Å². The van der Waals surface area contributed by atoms with E-state index in [1.54, 1.807) is 12.3 Å². The molecule has 3 fully saturated rings. The van der Waals surface area contributed by atoms with Crippen LogP contribution in [0.2, 0.25) is 0 Å². The van der Waals surface area contributed by atoms with Gasteiger partial charge in [0.2, 0.25) is 5.88 Å². The van der Waals surface area contributed by atoms with Crippen LogP contribution in [0.15, 0.2) is 36.5 Å². The van der Waals surface area contributed by atoms with E-state index in [4.69, 9.17) is 9.47 Å². The lowest BCUT2D eigenvalue weighted by atomic mass is 9.90. The minimum absolute atomic E-state index is 0.0583. The number of carbonyl (C=O) groups excluding carboxylic acids is 1. The van der Waals surface area contributed by atoms with E-state index in [9.17, 15) is 36.6 Å². The van der Waals surface area contributed by atoms with Gasteiger partial charge in [0.15, 0.2) is 0 Å². The fourth-order valence-electron chi connectivity index (χ4n) is 6.13. The molecule has 1 saturated heterocycles. The van der Waals surface area contributed by atoms with Crippen molar-refractivity contribution in [2.24, 2.45) is 11.8 Å². The molecule has 2 saturated carbocycles. The number of ether oxygens (including phenoxy) is 2. The third kappa shape index (κ3) is 7.78. The van der Waals surface area contributed by atoms with Crippen LogP contribution in [-0.4, -0.2) is 78.4 Å². The first-order chi connectivity index (χ1) is 21.4. The van der Waals surface area contributed by atoms with Crippen molar-refractivity contribution in [3.8, 4) is 11.6 Å². The molecule has 0 bridgehead atoms. The van der Waals surface area contributed by atoms with Crippen LogP contribution >= 0.6 is 0 Å². The molecule has 45 heavy (non-hydrogen) atoms. The minimum Gasteiger partial charge on any atom is -0.497 e. The molecular formula is C32H38F5N3O5. The zero-order valence-electron chi connectivity index (χ0n) is 25.1. The average molecular weight is 640 g/mol. The number of halogens is 5. The Morgan fingerprint density at radius 2 is 1.76 bits per heavy atom. The predicted molar refractivity (Wildman–Crippen MR) is 155 cm³/mol. The van der Waals surface area contributed by atoms with Gasteiger partial charge in [-0.15, -0.1) is 0 Å². The van der Waals surface area contributed by atoms with Crippen molar-refractivity contribution in [3.63, 3.8) is 0 Å². The lowest BCUT2D eigenvalue weighted by Crippen LogP contribution is -2.54. The number of benzene rings is 1. The molecule has 246 valence electrons. The van der Waals surface area contributed by atoms with Crippen LogP contribution < -0.4 is 14.4 Å². The van der Waals surface area contributed by atoms with Crippen molar-refractivity contribution in [1.29, 1.82) is 0 Å². The van der Waals surface area contributed by atoms with Crippen molar-refractivity contribution >= 4 is 17.6 Å². The number of carboxylic acid groups (broad SMARTS) is 1. The molecule has 2 heterocycles. The highest BCUT2D eigenvalue weighted by Crippen LogP contribution is 2.45. The summed E-state index contributed by atoms with van der Waals surface area (Å²) >= 11 is 0. The first kappa shape index (κ1) is 32.7. The molecule has 3 aliphatic rings. The standard InChI is InChI=1S/C32H38F5N3O5/c1-44-24-7-8-25(30(43)40(23-3-2-4-23)19-31(33,34)32(35,36)37)27(16-24)39-13-10-20(11-14-39)18-45-28-15-22(9-12-38-28)26(17-29(41)42)21-5-6-21/h7-9,12,15-16,20-21,23,26H,2-6,10-11,13-14,17-19H2,1H3,(H,41,42). The summed E-state index contributed by atoms with van der Waals surface area (Å²) in [5, 5.41) is 9.33. The van der Waals surface area contributed by atoms with Gasteiger partial charge in [0, 0.05) is 37.5 Å². The molecule has 1 aromatic carbocycles. The molecule has 1 aliphatic heterocycles. The number of aliphatic carboxylic acids is 1. The maximum atomic E-state index is 14.2. The molecule has 1 atom stereocenters. The van der Waals surface area contributed by atoms with Crippen LogP contribution in [0.5, 0.6) is 11.6 Å². The van der Waals surface area contributed by atoms with E-state index in [0.717, 1.165) is 18.4 Å². The summed E-state index contributed by atoms with van der Waals surface area (Å²) in [5.41, 5.74) is 1.39. The summed E-state index contributed by atoms with van der Waals surface area (Å²) in [7, 11) is 1.45. The second-order valence-corrected chi connectivity index (χ2v) is 12.3. The van der Waals surface area contributed by atoms with Crippen LogP contribution in [0.3, 0.4) is 0 Å². The number of piperidine rings is 1. The Bertz CT molecular complexity index is 1360. The van der Waals surface area contributed by atoms with Gasteiger partial charge >= 0.3 is 18.1 Å².